The molecule has 1 fully saturated rings. The molecular weight excluding hydrogens is 278 g/mol. The fourth-order valence-electron chi connectivity index (χ4n) is 4.07. The van der Waals surface area contributed by atoms with Crippen LogP contribution in [-0.4, -0.2) is 50.2 Å². The average Bonchev–Trinajstić information content (AvgIpc) is 2.97. The van der Waals surface area contributed by atoms with E-state index in [9.17, 15) is 4.11 Å². The molecule has 22 heavy (non-hydrogen) atoms. The molecule has 4 nitrogen and oxygen atoms in total. The molecule has 4 aliphatic rings. The predicted octanol–water partition coefficient (Wildman–Crippen LogP) is 1.50. The summed E-state index contributed by atoms with van der Waals surface area (Å²) in [6.07, 6.45) is -5.21. The van der Waals surface area contributed by atoms with Gasteiger partial charge in [-0.1, -0.05) is 18.2 Å². The van der Waals surface area contributed by atoms with Crippen LogP contribution >= 0.6 is 0 Å². The van der Waals surface area contributed by atoms with Crippen LogP contribution in [-0.2, 0) is 11.8 Å². The number of rotatable bonds is 2. The summed E-state index contributed by atoms with van der Waals surface area (Å²) in [6, 6.07) is 0.269. The number of benzene rings is 1. The molecule has 0 radical (unpaired) electrons. The molecule has 4 heteroatoms. The molecule has 2 aliphatic carbocycles. The highest BCUT2D eigenvalue weighted by Gasteiger charge is 2.64. The number of likely N-dealkylation sites (N-methyl/N-ethyl adjacent to an activating group) is 1. The number of aliphatic hydroxyl groups is 1. The normalized spacial score (nSPS) is 63.9. The van der Waals surface area contributed by atoms with Gasteiger partial charge in [0.25, 0.3) is 0 Å². The van der Waals surface area contributed by atoms with E-state index in [1.54, 1.807) is 0 Å². The van der Waals surface area contributed by atoms with E-state index < -0.39 is 42.9 Å². The molecule has 2 aliphatic heterocycles. The summed E-state index contributed by atoms with van der Waals surface area (Å²) in [4.78, 5) is 1.42. The van der Waals surface area contributed by atoms with Gasteiger partial charge in [0, 0.05) is 28.4 Å². The Bertz CT molecular complexity index is 1060. The molecule has 5 atom stereocenters. The van der Waals surface area contributed by atoms with Crippen LogP contribution in [0.15, 0.2) is 24.3 Å². The van der Waals surface area contributed by atoms with Crippen LogP contribution in [0.2, 0.25) is 0 Å². The second kappa shape index (κ2) is 4.06. The van der Waals surface area contributed by atoms with E-state index in [-0.39, 0.29) is 35.6 Å². The first-order chi connectivity index (χ1) is 14.6. The predicted molar refractivity (Wildman–Crippen MR) is 82.5 cm³/mol. The lowest BCUT2D eigenvalue weighted by atomic mass is 9.53. The van der Waals surface area contributed by atoms with Gasteiger partial charge in [-0.2, -0.15) is 0 Å². The van der Waals surface area contributed by atoms with Crippen LogP contribution in [0.4, 0.5) is 0 Å². The summed E-state index contributed by atoms with van der Waals surface area (Å²) in [5.74, 6) is -2.70. The summed E-state index contributed by atoms with van der Waals surface area (Å²) < 4.78 is 95.6. The first-order valence-corrected chi connectivity index (χ1v) is 7.18. The summed E-state index contributed by atoms with van der Waals surface area (Å²) >= 11 is 0. The van der Waals surface area contributed by atoms with Crippen molar-refractivity contribution >= 4 is 0 Å². The maximum atomic E-state index is 9.48. The van der Waals surface area contributed by atoms with Gasteiger partial charge in [0.15, 0.2) is 11.5 Å². The van der Waals surface area contributed by atoms with E-state index in [1.165, 1.54) is 30.2 Å². The highest BCUT2D eigenvalue weighted by Crippen LogP contribution is 2.62. The molecule has 0 amide bonds. The number of nitrogens with zero attached hydrogens (tertiary/aromatic N) is 1. The minimum absolute atomic E-state index is 0.0127. The maximum Gasteiger partial charge on any atom is 0.211 e. The van der Waals surface area contributed by atoms with Gasteiger partial charge >= 0.3 is 0 Å². The second-order valence-electron chi connectivity index (χ2n) is 6.01. The molecule has 116 valence electrons. The lowest BCUT2D eigenvalue weighted by molar-refractivity contribution is -0.0453. The van der Waals surface area contributed by atoms with Gasteiger partial charge in [0.05, 0.1) is 13.9 Å². The number of piperidine rings is 1. The van der Waals surface area contributed by atoms with Crippen LogP contribution in [0.25, 0.3) is 0 Å². The zero-order valence-corrected chi connectivity index (χ0v) is 11.9. The average molecular weight is 309 g/mol. The molecule has 1 spiro atoms. The third-order valence-electron chi connectivity index (χ3n) is 5.05. The molecule has 0 saturated carbocycles. The van der Waals surface area contributed by atoms with E-state index >= 15 is 0 Å². The minimum Gasteiger partial charge on any atom is -0.493 e. The van der Waals surface area contributed by atoms with Crippen molar-refractivity contribution in [2.24, 2.45) is 5.89 Å². The maximum absolute atomic E-state index is 9.48. The standard InChI is InChI=1S/C18H21NO3/c1-19-8-7-18-11-4-5-13(20)17(18)22-16-14(21-2)6-3-10(15(16)18)9-12(11)19/h3-6,11-13,17,20H,7-9H2,1-2H3/t11-,12+,13?,17?,18-/m0/s1/i2D3,9D2,11D,12D,13D,17D,20D. The Morgan fingerprint density at radius 3 is 3.41 bits per heavy atom. The van der Waals surface area contributed by atoms with Crippen LogP contribution in [0.1, 0.15) is 29.9 Å². The summed E-state index contributed by atoms with van der Waals surface area (Å²) in [5.41, 5.74) is -1.81. The van der Waals surface area contributed by atoms with Crippen LogP contribution < -0.4 is 9.47 Å². The van der Waals surface area contributed by atoms with E-state index in [1.807, 2.05) is 0 Å². The lowest BCUT2D eigenvalue weighted by Gasteiger charge is -2.56. The van der Waals surface area contributed by atoms with Gasteiger partial charge in [-0.3, -0.25) is 0 Å². The first kappa shape index (κ1) is 6.54. The number of ether oxygens (including phenoxy) is 2. The van der Waals surface area contributed by atoms with Crippen molar-refractivity contribution < 1.29 is 26.9 Å². The van der Waals surface area contributed by atoms with Gasteiger partial charge < -0.3 is 19.5 Å². The van der Waals surface area contributed by atoms with E-state index in [2.05, 4.69) is 5.11 Å². The second-order valence-corrected chi connectivity index (χ2v) is 6.01. The number of hydrogen-bond donors (Lipinski definition) is 1. The molecule has 1 aromatic carbocycles. The molecule has 5 rings (SSSR count). The van der Waals surface area contributed by atoms with E-state index in [0.717, 1.165) is 6.08 Å². The van der Waals surface area contributed by atoms with Crippen molar-refractivity contribution in [1.82, 2.24) is 4.90 Å². The topological polar surface area (TPSA) is 41.9 Å². The zero-order chi connectivity index (χ0) is 23.8. The van der Waals surface area contributed by atoms with Gasteiger partial charge in [-0.05, 0) is 38.0 Å². The van der Waals surface area contributed by atoms with Crippen LogP contribution in [0.3, 0.4) is 0 Å². The molecule has 2 heterocycles. The van der Waals surface area contributed by atoms with Crippen molar-refractivity contribution in [3.8, 4) is 11.5 Å². The van der Waals surface area contributed by atoms with Crippen LogP contribution in [0.5, 0.6) is 11.5 Å². The largest absolute Gasteiger partial charge is 0.493 e. The van der Waals surface area contributed by atoms with Crippen molar-refractivity contribution in [2.75, 3.05) is 20.6 Å². The highest BCUT2D eigenvalue weighted by atomic mass is 16.5. The van der Waals surface area contributed by atoms with Gasteiger partial charge in [0.1, 0.15) is 12.2 Å². The number of hydrogen-bond acceptors (Lipinski definition) is 4. The van der Waals surface area contributed by atoms with Crippen molar-refractivity contribution in [1.29, 1.82) is 1.43 Å². The fraction of sp³-hybridized carbons (Fsp3) is 0.556. The van der Waals surface area contributed by atoms with Gasteiger partial charge in [0.2, 0.25) is 1.43 Å². The Labute approximate surface area is 144 Å². The third-order valence-corrected chi connectivity index (χ3v) is 5.05. The molecule has 0 aromatic heterocycles. The first-order valence-electron chi connectivity index (χ1n) is 12.1. The van der Waals surface area contributed by atoms with Crippen molar-refractivity contribution in [2.45, 2.75) is 36.4 Å². The monoisotopic (exact) mass is 309 g/mol. The zero-order valence-electron chi connectivity index (χ0n) is 21.9. The van der Waals surface area contributed by atoms with Crippen molar-refractivity contribution in [3.63, 3.8) is 0 Å². The smallest absolute Gasteiger partial charge is 0.211 e. The third kappa shape index (κ3) is 1.28. The summed E-state index contributed by atoms with van der Waals surface area (Å²) in [6.45, 7) is 0.0960. The Kier molecular flexibility index (Phi) is 1.21. The van der Waals surface area contributed by atoms with Gasteiger partial charge in [-0.25, -0.2) is 0 Å². The number of methoxy groups -OCH3 is 1. The fourth-order valence-corrected chi connectivity index (χ4v) is 4.07. The Balaban J connectivity index is 1.96. The minimum atomic E-state index is -2.88. The molecular formula is C18H21NO3. The lowest BCUT2D eigenvalue weighted by Crippen LogP contribution is -2.64. The van der Waals surface area contributed by atoms with Gasteiger partial charge in [-0.15, -0.1) is 0 Å². The van der Waals surface area contributed by atoms with E-state index in [0.29, 0.717) is 0 Å². The number of likely N-dealkylation sites (tertiary alicyclic amines) is 1. The van der Waals surface area contributed by atoms with E-state index in [4.69, 9.17) is 19.1 Å². The SMILES string of the molecule is [2H]OC1([2H])C=C[C@]2([2H])[C@@]34CCN(C)[C@]2([2H])C([2H])([2H])c2ccc(OC([2H])([2H])[2H])c(c23)OC14[2H]. The summed E-state index contributed by atoms with van der Waals surface area (Å²) in [5, 5.41) is 4.64. The Morgan fingerprint density at radius 1 is 1.59 bits per heavy atom. The molecule has 2 unspecified atom stereocenters. The molecule has 2 bridgehead atoms. The molecule has 1 aromatic rings. The molecule has 1 N–H and O–H groups in total. The Morgan fingerprint density at radius 2 is 2.55 bits per heavy atom. The molecule has 1 saturated heterocycles. The quantitative estimate of drug-likeness (QED) is 0.841. The van der Waals surface area contributed by atoms with Crippen molar-refractivity contribution in [3.05, 3.63) is 35.4 Å². The van der Waals surface area contributed by atoms with Crippen LogP contribution in [0, 0.1) is 5.89 Å². The summed E-state index contributed by atoms with van der Waals surface area (Å²) in [7, 11) is -1.35. The highest BCUT2D eigenvalue weighted by molar-refractivity contribution is 5.62. The Hall–Kier alpha value is -1.52.